The van der Waals surface area contributed by atoms with Crippen LogP contribution in [0.2, 0.25) is 0 Å². The number of benzene rings is 1. The van der Waals surface area contributed by atoms with Crippen molar-refractivity contribution >= 4 is 22.6 Å². The SMILES string of the molecule is CCC(CC)N(C)c1cc(C(=N)N)c2ccccc2n1. The Balaban J connectivity index is 2.58. The molecule has 0 atom stereocenters. The summed E-state index contributed by atoms with van der Waals surface area (Å²) in [5.41, 5.74) is 7.36. The lowest BCUT2D eigenvalue weighted by atomic mass is 10.1. The number of hydrogen-bond donors (Lipinski definition) is 2. The zero-order valence-corrected chi connectivity index (χ0v) is 12.4. The third-order valence-corrected chi connectivity index (χ3v) is 3.84. The van der Waals surface area contributed by atoms with Crippen LogP contribution in [0.3, 0.4) is 0 Å². The normalized spacial score (nSPS) is 11.0. The highest BCUT2D eigenvalue weighted by molar-refractivity contribution is 6.07. The van der Waals surface area contributed by atoms with Gasteiger partial charge in [0.2, 0.25) is 0 Å². The molecule has 0 radical (unpaired) electrons. The summed E-state index contributed by atoms with van der Waals surface area (Å²) < 4.78 is 0. The molecule has 4 heteroatoms. The predicted octanol–water partition coefficient (Wildman–Crippen LogP) is 3.14. The van der Waals surface area contributed by atoms with Gasteiger partial charge in [0.15, 0.2) is 0 Å². The second-order valence-electron chi connectivity index (χ2n) is 5.04. The van der Waals surface area contributed by atoms with E-state index in [1.165, 1.54) is 0 Å². The Labute approximate surface area is 120 Å². The summed E-state index contributed by atoms with van der Waals surface area (Å²) in [5.74, 6) is 0.963. The van der Waals surface area contributed by atoms with Crippen LogP contribution in [0.25, 0.3) is 10.9 Å². The van der Waals surface area contributed by atoms with E-state index in [1.54, 1.807) is 0 Å². The fraction of sp³-hybridized carbons (Fsp3) is 0.375. The van der Waals surface area contributed by atoms with Crippen LogP contribution in [0.15, 0.2) is 30.3 Å². The van der Waals surface area contributed by atoms with Crippen molar-refractivity contribution in [2.45, 2.75) is 32.7 Å². The lowest BCUT2D eigenvalue weighted by molar-refractivity contribution is 0.587. The molecule has 1 aromatic carbocycles. The zero-order valence-electron chi connectivity index (χ0n) is 12.4. The van der Waals surface area contributed by atoms with Crippen molar-refractivity contribution in [1.82, 2.24) is 4.98 Å². The van der Waals surface area contributed by atoms with E-state index >= 15 is 0 Å². The zero-order chi connectivity index (χ0) is 14.7. The molecule has 0 amide bonds. The average molecular weight is 270 g/mol. The highest BCUT2D eigenvalue weighted by atomic mass is 15.2. The van der Waals surface area contributed by atoms with Crippen molar-refractivity contribution in [3.05, 3.63) is 35.9 Å². The first-order valence-corrected chi connectivity index (χ1v) is 7.05. The van der Waals surface area contributed by atoms with Gasteiger partial charge in [0.1, 0.15) is 11.7 Å². The molecule has 106 valence electrons. The molecule has 2 rings (SSSR count). The quantitative estimate of drug-likeness (QED) is 0.648. The minimum atomic E-state index is 0.0859. The maximum absolute atomic E-state index is 7.78. The number of rotatable bonds is 5. The van der Waals surface area contributed by atoms with Gasteiger partial charge in [-0.2, -0.15) is 0 Å². The maximum atomic E-state index is 7.78. The summed E-state index contributed by atoms with van der Waals surface area (Å²) in [6.45, 7) is 4.36. The van der Waals surface area contributed by atoms with Crippen molar-refractivity contribution in [3.8, 4) is 0 Å². The summed E-state index contributed by atoms with van der Waals surface area (Å²) in [6.07, 6.45) is 2.13. The number of nitrogens with two attached hydrogens (primary N) is 1. The van der Waals surface area contributed by atoms with Gasteiger partial charge < -0.3 is 10.6 Å². The average Bonchev–Trinajstić information content (AvgIpc) is 2.47. The number of nitrogens with zero attached hydrogens (tertiary/aromatic N) is 2. The van der Waals surface area contributed by atoms with Crippen LogP contribution in [0.5, 0.6) is 0 Å². The van der Waals surface area contributed by atoms with Crippen LogP contribution in [0.1, 0.15) is 32.3 Å². The fourth-order valence-electron chi connectivity index (χ4n) is 2.59. The monoisotopic (exact) mass is 270 g/mol. The van der Waals surface area contributed by atoms with Crippen LogP contribution in [-0.4, -0.2) is 23.9 Å². The molecule has 0 fully saturated rings. The smallest absolute Gasteiger partial charge is 0.129 e. The van der Waals surface area contributed by atoms with Gasteiger partial charge >= 0.3 is 0 Å². The first-order chi connectivity index (χ1) is 9.58. The van der Waals surface area contributed by atoms with Crippen LogP contribution >= 0.6 is 0 Å². The van der Waals surface area contributed by atoms with Crippen molar-refractivity contribution in [2.24, 2.45) is 5.73 Å². The number of amidine groups is 1. The van der Waals surface area contributed by atoms with Gasteiger partial charge in [-0.15, -0.1) is 0 Å². The highest BCUT2D eigenvalue weighted by Crippen LogP contribution is 2.24. The minimum absolute atomic E-state index is 0.0859. The molecule has 0 aliphatic rings. The van der Waals surface area contributed by atoms with Gasteiger partial charge in [-0.05, 0) is 25.0 Å². The standard InChI is InChI=1S/C16H22N4/c1-4-11(5-2)20(3)15-10-13(16(17)18)12-8-6-7-9-14(12)19-15/h6-11H,4-5H2,1-3H3,(H3,17,18). The molecule has 0 saturated heterocycles. The second-order valence-corrected chi connectivity index (χ2v) is 5.04. The molecule has 0 aliphatic heterocycles. The third kappa shape index (κ3) is 2.59. The predicted molar refractivity (Wildman–Crippen MR) is 85.5 cm³/mol. The second kappa shape index (κ2) is 5.90. The summed E-state index contributed by atoms with van der Waals surface area (Å²) >= 11 is 0. The molecule has 1 heterocycles. The summed E-state index contributed by atoms with van der Waals surface area (Å²) in [7, 11) is 2.05. The van der Waals surface area contributed by atoms with E-state index in [9.17, 15) is 0 Å². The first kappa shape index (κ1) is 14.3. The lowest BCUT2D eigenvalue weighted by Crippen LogP contribution is -2.31. The molecule has 0 aliphatic carbocycles. The number of aromatic nitrogens is 1. The van der Waals surface area contributed by atoms with Gasteiger partial charge in [0, 0.05) is 24.0 Å². The molecule has 0 saturated carbocycles. The molecule has 20 heavy (non-hydrogen) atoms. The van der Waals surface area contributed by atoms with Crippen molar-refractivity contribution in [1.29, 1.82) is 5.41 Å². The molecule has 0 unspecified atom stereocenters. The molecule has 1 aromatic heterocycles. The molecule has 3 N–H and O–H groups in total. The fourth-order valence-corrected chi connectivity index (χ4v) is 2.59. The minimum Gasteiger partial charge on any atom is -0.384 e. The maximum Gasteiger partial charge on any atom is 0.129 e. The Kier molecular flexibility index (Phi) is 4.23. The molecule has 0 bridgehead atoms. The summed E-state index contributed by atoms with van der Waals surface area (Å²) in [5, 5.41) is 8.72. The summed E-state index contributed by atoms with van der Waals surface area (Å²) in [4.78, 5) is 6.89. The lowest BCUT2D eigenvalue weighted by Gasteiger charge is -2.28. The number of para-hydroxylation sites is 1. The molecular weight excluding hydrogens is 248 g/mol. The Morgan fingerprint density at radius 2 is 1.95 bits per heavy atom. The van der Waals surface area contributed by atoms with E-state index in [0.717, 1.165) is 35.1 Å². The van der Waals surface area contributed by atoms with Gasteiger partial charge in [-0.3, -0.25) is 5.41 Å². The van der Waals surface area contributed by atoms with E-state index in [0.29, 0.717) is 6.04 Å². The van der Waals surface area contributed by atoms with E-state index in [2.05, 4.69) is 25.8 Å². The number of pyridine rings is 1. The van der Waals surface area contributed by atoms with Gasteiger partial charge in [-0.25, -0.2) is 4.98 Å². The van der Waals surface area contributed by atoms with Crippen molar-refractivity contribution in [3.63, 3.8) is 0 Å². The van der Waals surface area contributed by atoms with Gasteiger partial charge in [0.05, 0.1) is 5.52 Å². The van der Waals surface area contributed by atoms with E-state index in [4.69, 9.17) is 16.1 Å². The number of anilines is 1. The number of hydrogen-bond acceptors (Lipinski definition) is 3. The topological polar surface area (TPSA) is 66.0 Å². The largest absolute Gasteiger partial charge is 0.384 e. The van der Waals surface area contributed by atoms with E-state index < -0.39 is 0 Å². The number of nitrogens with one attached hydrogen (secondary N) is 1. The molecular formula is C16H22N4. The van der Waals surface area contributed by atoms with E-state index in [1.807, 2.05) is 30.3 Å². The Hall–Kier alpha value is -2.10. The third-order valence-electron chi connectivity index (χ3n) is 3.84. The Bertz CT molecular complexity index is 617. The van der Waals surface area contributed by atoms with Crippen molar-refractivity contribution < 1.29 is 0 Å². The Morgan fingerprint density at radius 3 is 2.55 bits per heavy atom. The van der Waals surface area contributed by atoms with Crippen LogP contribution in [0.4, 0.5) is 5.82 Å². The summed E-state index contributed by atoms with van der Waals surface area (Å²) in [6, 6.07) is 10.2. The van der Waals surface area contributed by atoms with Crippen LogP contribution in [0, 0.1) is 5.41 Å². The van der Waals surface area contributed by atoms with Gasteiger partial charge in [-0.1, -0.05) is 32.0 Å². The first-order valence-electron chi connectivity index (χ1n) is 7.05. The van der Waals surface area contributed by atoms with Crippen molar-refractivity contribution in [2.75, 3.05) is 11.9 Å². The van der Waals surface area contributed by atoms with E-state index in [-0.39, 0.29) is 5.84 Å². The van der Waals surface area contributed by atoms with Gasteiger partial charge in [0.25, 0.3) is 0 Å². The highest BCUT2D eigenvalue weighted by Gasteiger charge is 2.15. The van der Waals surface area contributed by atoms with Crippen LogP contribution < -0.4 is 10.6 Å². The molecule has 2 aromatic rings. The van der Waals surface area contributed by atoms with Crippen LogP contribution in [-0.2, 0) is 0 Å². The molecule has 4 nitrogen and oxygen atoms in total. The molecule has 0 spiro atoms. The Morgan fingerprint density at radius 1 is 1.30 bits per heavy atom. The number of fused-ring (bicyclic) bond motifs is 1. The number of nitrogen functional groups attached to an aromatic ring is 1.